The standard InChI is InChI=1S/C19H28N6O3/c1-12(26)21-14-7-15-9-24(11-17-20-5-6-23(17)2)10-16(19(28)25(15)8-14)22-18(27)13-3-4-13/h5-6,13-16H,3-4,7-11H2,1-2H3,(H,21,26)(H,22,27)/t14-,15-,16-/m0/s1. The van der Waals surface area contributed by atoms with Gasteiger partial charge in [0, 0.05) is 64.0 Å². The van der Waals surface area contributed by atoms with E-state index in [9.17, 15) is 14.4 Å². The predicted molar refractivity (Wildman–Crippen MR) is 101 cm³/mol. The van der Waals surface area contributed by atoms with Crippen molar-refractivity contribution in [3.05, 3.63) is 18.2 Å². The molecule has 1 aromatic heterocycles. The molecular formula is C19H28N6O3. The molecule has 1 aromatic rings. The molecule has 1 saturated carbocycles. The Bertz CT molecular complexity index is 773. The molecule has 3 atom stereocenters. The summed E-state index contributed by atoms with van der Waals surface area (Å²) in [5, 5.41) is 5.91. The van der Waals surface area contributed by atoms with E-state index in [4.69, 9.17) is 0 Å². The Hall–Kier alpha value is -2.42. The van der Waals surface area contributed by atoms with Crippen LogP contribution < -0.4 is 10.6 Å². The number of hydrogen-bond donors (Lipinski definition) is 2. The van der Waals surface area contributed by atoms with Gasteiger partial charge in [-0.15, -0.1) is 0 Å². The second kappa shape index (κ2) is 7.54. The molecule has 2 saturated heterocycles. The van der Waals surface area contributed by atoms with E-state index in [1.807, 2.05) is 22.7 Å². The maximum atomic E-state index is 13.2. The zero-order valence-electron chi connectivity index (χ0n) is 16.4. The maximum Gasteiger partial charge on any atom is 0.246 e. The van der Waals surface area contributed by atoms with Crippen molar-refractivity contribution in [3.8, 4) is 0 Å². The second-order valence-corrected chi connectivity index (χ2v) is 8.26. The molecule has 28 heavy (non-hydrogen) atoms. The third-order valence-corrected chi connectivity index (χ3v) is 5.86. The summed E-state index contributed by atoms with van der Waals surface area (Å²) in [4.78, 5) is 45.4. The van der Waals surface area contributed by atoms with Gasteiger partial charge in [0.15, 0.2) is 0 Å². The van der Waals surface area contributed by atoms with Crippen molar-refractivity contribution in [1.29, 1.82) is 0 Å². The summed E-state index contributed by atoms with van der Waals surface area (Å²) >= 11 is 0. The highest BCUT2D eigenvalue weighted by atomic mass is 16.2. The van der Waals surface area contributed by atoms with Gasteiger partial charge in [0.2, 0.25) is 17.7 Å². The van der Waals surface area contributed by atoms with Crippen LogP contribution in [0.1, 0.15) is 32.0 Å². The number of amides is 3. The van der Waals surface area contributed by atoms with E-state index < -0.39 is 6.04 Å². The Morgan fingerprint density at radius 2 is 2.00 bits per heavy atom. The lowest BCUT2D eigenvalue weighted by Crippen LogP contribution is -2.52. The van der Waals surface area contributed by atoms with Crippen LogP contribution in [0.3, 0.4) is 0 Å². The van der Waals surface area contributed by atoms with Crippen LogP contribution >= 0.6 is 0 Å². The lowest BCUT2D eigenvalue weighted by Gasteiger charge is -2.24. The van der Waals surface area contributed by atoms with Crippen LogP contribution in [0.4, 0.5) is 0 Å². The summed E-state index contributed by atoms with van der Waals surface area (Å²) in [6.45, 7) is 3.78. The van der Waals surface area contributed by atoms with Gasteiger partial charge in [-0.3, -0.25) is 19.3 Å². The lowest BCUT2D eigenvalue weighted by molar-refractivity contribution is -0.136. The van der Waals surface area contributed by atoms with Gasteiger partial charge in [-0.1, -0.05) is 0 Å². The predicted octanol–water partition coefficient (Wildman–Crippen LogP) is -0.764. The molecule has 0 bridgehead atoms. The van der Waals surface area contributed by atoms with Crippen molar-refractivity contribution in [3.63, 3.8) is 0 Å². The molecule has 3 fully saturated rings. The largest absolute Gasteiger partial charge is 0.352 e. The molecule has 0 radical (unpaired) electrons. The molecule has 2 aliphatic heterocycles. The summed E-state index contributed by atoms with van der Waals surface area (Å²) in [6.07, 6.45) is 6.20. The number of aromatic nitrogens is 2. The number of hydrogen-bond acceptors (Lipinski definition) is 5. The first kappa shape index (κ1) is 18.9. The highest BCUT2D eigenvalue weighted by Crippen LogP contribution is 2.30. The highest BCUT2D eigenvalue weighted by molar-refractivity contribution is 5.90. The number of carbonyl (C=O) groups is 3. The summed E-state index contributed by atoms with van der Waals surface area (Å²) in [5.74, 6) is 0.823. The Balaban J connectivity index is 1.52. The summed E-state index contributed by atoms with van der Waals surface area (Å²) in [6, 6.07) is -0.582. The first-order chi connectivity index (χ1) is 13.4. The molecule has 9 nitrogen and oxygen atoms in total. The highest BCUT2D eigenvalue weighted by Gasteiger charge is 2.43. The second-order valence-electron chi connectivity index (χ2n) is 8.26. The minimum Gasteiger partial charge on any atom is -0.352 e. The average molecular weight is 388 g/mol. The zero-order valence-corrected chi connectivity index (χ0v) is 16.4. The molecule has 1 aliphatic carbocycles. The minimum atomic E-state index is -0.561. The van der Waals surface area contributed by atoms with Gasteiger partial charge in [0.25, 0.3) is 0 Å². The van der Waals surface area contributed by atoms with Crippen LogP contribution in [0.2, 0.25) is 0 Å². The Labute approximate surface area is 164 Å². The van der Waals surface area contributed by atoms with Crippen molar-refractivity contribution in [2.75, 3.05) is 19.6 Å². The van der Waals surface area contributed by atoms with Gasteiger partial charge in [-0.05, 0) is 19.3 Å². The SMILES string of the molecule is CC(=O)N[C@H]1C[C@H]2CN(Cc3nccn3C)C[C@H](NC(=O)C3CC3)C(=O)N2C1. The van der Waals surface area contributed by atoms with E-state index in [2.05, 4.69) is 20.5 Å². The van der Waals surface area contributed by atoms with Crippen LogP contribution in [0, 0.1) is 5.92 Å². The minimum absolute atomic E-state index is 0.0208. The van der Waals surface area contributed by atoms with E-state index in [0.717, 1.165) is 25.1 Å². The van der Waals surface area contributed by atoms with Crippen LogP contribution in [-0.4, -0.2) is 74.8 Å². The fraction of sp³-hybridized carbons (Fsp3) is 0.684. The van der Waals surface area contributed by atoms with Gasteiger partial charge < -0.3 is 20.1 Å². The summed E-state index contributed by atoms with van der Waals surface area (Å²) < 4.78 is 1.97. The van der Waals surface area contributed by atoms with E-state index in [-0.39, 0.29) is 35.7 Å². The number of carbonyl (C=O) groups excluding carboxylic acids is 3. The Morgan fingerprint density at radius 1 is 1.21 bits per heavy atom. The van der Waals surface area contributed by atoms with E-state index in [1.54, 1.807) is 6.20 Å². The first-order valence-electron chi connectivity index (χ1n) is 9.97. The van der Waals surface area contributed by atoms with Crippen molar-refractivity contribution in [2.45, 2.75) is 50.9 Å². The fourth-order valence-electron chi connectivity index (χ4n) is 4.28. The van der Waals surface area contributed by atoms with Crippen molar-refractivity contribution in [2.24, 2.45) is 13.0 Å². The Kier molecular flexibility index (Phi) is 5.09. The van der Waals surface area contributed by atoms with Crippen LogP contribution in [0.25, 0.3) is 0 Å². The molecule has 3 amide bonds. The van der Waals surface area contributed by atoms with Crippen molar-refractivity contribution < 1.29 is 14.4 Å². The molecule has 3 aliphatic rings. The molecule has 2 N–H and O–H groups in total. The van der Waals surface area contributed by atoms with Crippen molar-refractivity contribution >= 4 is 17.7 Å². The molecular weight excluding hydrogens is 360 g/mol. The number of nitrogens with zero attached hydrogens (tertiary/aromatic N) is 4. The van der Waals surface area contributed by atoms with Crippen molar-refractivity contribution in [1.82, 2.24) is 30.0 Å². The van der Waals surface area contributed by atoms with Crippen LogP contribution in [0.5, 0.6) is 0 Å². The normalized spacial score (nSPS) is 28.0. The number of fused-ring (bicyclic) bond motifs is 1. The van der Waals surface area contributed by atoms with Gasteiger partial charge >= 0.3 is 0 Å². The maximum absolute atomic E-state index is 13.2. The molecule has 152 valence electrons. The Morgan fingerprint density at radius 3 is 2.64 bits per heavy atom. The molecule has 0 aromatic carbocycles. The number of rotatable bonds is 5. The number of aryl methyl sites for hydroxylation is 1. The summed E-state index contributed by atoms with van der Waals surface area (Å²) in [7, 11) is 1.95. The summed E-state index contributed by atoms with van der Waals surface area (Å²) in [5.41, 5.74) is 0. The molecule has 0 unspecified atom stereocenters. The average Bonchev–Trinajstić information content (AvgIpc) is 3.33. The number of imidazole rings is 1. The number of nitrogens with one attached hydrogen (secondary N) is 2. The van der Waals surface area contributed by atoms with E-state index >= 15 is 0 Å². The van der Waals surface area contributed by atoms with Crippen LogP contribution in [-0.2, 0) is 28.0 Å². The molecule has 9 heteroatoms. The molecule has 0 spiro atoms. The zero-order chi connectivity index (χ0) is 19.8. The van der Waals surface area contributed by atoms with Gasteiger partial charge in [0.1, 0.15) is 11.9 Å². The first-order valence-corrected chi connectivity index (χ1v) is 9.97. The van der Waals surface area contributed by atoms with E-state index in [0.29, 0.717) is 26.2 Å². The van der Waals surface area contributed by atoms with Crippen LogP contribution in [0.15, 0.2) is 12.4 Å². The van der Waals surface area contributed by atoms with Gasteiger partial charge in [0.05, 0.1) is 6.54 Å². The molecule has 3 heterocycles. The third-order valence-electron chi connectivity index (χ3n) is 5.86. The topological polar surface area (TPSA) is 99.6 Å². The van der Waals surface area contributed by atoms with E-state index in [1.165, 1.54) is 6.92 Å². The van der Waals surface area contributed by atoms with Gasteiger partial charge in [-0.25, -0.2) is 4.98 Å². The van der Waals surface area contributed by atoms with Gasteiger partial charge in [-0.2, -0.15) is 0 Å². The molecule has 4 rings (SSSR count). The third kappa shape index (κ3) is 4.04. The fourth-order valence-corrected chi connectivity index (χ4v) is 4.28. The lowest BCUT2D eigenvalue weighted by atomic mass is 10.1. The smallest absolute Gasteiger partial charge is 0.246 e. The monoisotopic (exact) mass is 388 g/mol. The quantitative estimate of drug-likeness (QED) is 0.691.